The number of aromatic nitrogens is 2. The van der Waals surface area contributed by atoms with Gasteiger partial charge in [0.15, 0.2) is 0 Å². The molecule has 3 aromatic rings. The molecule has 0 aliphatic rings. The molecule has 0 saturated heterocycles. The van der Waals surface area contributed by atoms with Gasteiger partial charge in [-0.1, -0.05) is 13.0 Å². The maximum atomic E-state index is 4.53. The normalized spacial score (nSPS) is 11.1. The fourth-order valence-corrected chi connectivity index (χ4v) is 3.01. The lowest BCUT2D eigenvalue weighted by molar-refractivity contribution is 0.734. The van der Waals surface area contributed by atoms with E-state index >= 15 is 0 Å². The average Bonchev–Trinajstić information content (AvgIpc) is 2.93. The Kier molecular flexibility index (Phi) is 3.76. The number of rotatable bonds is 4. The number of hydrogen-bond acceptors (Lipinski definition) is 4. The van der Waals surface area contributed by atoms with Crippen LogP contribution in [-0.4, -0.2) is 16.5 Å². The summed E-state index contributed by atoms with van der Waals surface area (Å²) in [4.78, 5) is 10.3. The molecular formula is C16H17N3S. The van der Waals surface area contributed by atoms with Crippen LogP contribution in [0.5, 0.6) is 0 Å². The number of fused-ring (bicyclic) bond motifs is 1. The molecule has 3 rings (SSSR count). The van der Waals surface area contributed by atoms with Crippen LogP contribution in [0.4, 0.5) is 0 Å². The maximum absolute atomic E-state index is 4.53. The molecule has 0 fully saturated rings. The second-order valence-electron chi connectivity index (χ2n) is 4.77. The number of thiazole rings is 1. The van der Waals surface area contributed by atoms with Crippen molar-refractivity contribution in [1.29, 1.82) is 0 Å². The molecule has 0 aliphatic heterocycles. The Hall–Kier alpha value is -1.78. The zero-order chi connectivity index (χ0) is 13.9. The number of nitrogens with zero attached hydrogens (tertiary/aromatic N) is 2. The number of benzene rings is 1. The second kappa shape index (κ2) is 5.69. The first-order valence-electron chi connectivity index (χ1n) is 6.79. The number of aryl methyl sites for hydroxylation is 1. The summed E-state index contributed by atoms with van der Waals surface area (Å²) in [6, 6.07) is 10.5. The van der Waals surface area contributed by atoms with Crippen LogP contribution >= 0.6 is 11.3 Å². The molecular weight excluding hydrogens is 266 g/mol. The Bertz CT molecular complexity index is 733. The van der Waals surface area contributed by atoms with E-state index in [1.54, 1.807) is 11.3 Å². The Morgan fingerprint density at radius 3 is 2.95 bits per heavy atom. The molecule has 0 bridgehead atoms. The minimum absolute atomic E-state index is 0.891. The molecule has 102 valence electrons. The molecule has 0 radical (unpaired) electrons. The molecule has 0 unspecified atom stereocenters. The van der Waals surface area contributed by atoms with Crippen LogP contribution < -0.4 is 5.32 Å². The van der Waals surface area contributed by atoms with Crippen LogP contribution in [-0.2, 0) is 6.54 Å². The smallest absolute Gasteiger partial charge is 0.123 e. The topological polar surface area (TPSA) is 37.8 Å². The quantitative estimate of drug-likeness (QED) is 0.792. The summed E-state index contributed by atoms with van der Waals surface area (Å²) in [7, 11) is 0. The monoisotopic (exact) mass is 283 g/mol. The Morgan fingerprint density at radius 1 is 1.20 bits per heavy atom. The highest BCUT2D eigenvalue weighted by atomic mass is 32.1. The van der Waals surface area contributed by atoms with Crippen LogP contribution in [0.2, 0.25) is 0 Å². The van der Waals surface area contributed by atoms with E-state index in [0.29, 0.717) is 0 Å². The van der Waals surface area contributed by atoms with Crippen LogP contribution in [0.1, 0.15) is 17.5 Å². The van der Waals surface area contributed by atoms with E-state index in [1.165, 1.54) is 4.88 Å². The number of hydrogen-bond donors (Lipinski definition) is 1. The fourth-order valence-electron chi connectivity index (χ4n) is 2.13. The summed E-state index contributed by atoms with van der Waals surface area (Å²) in [5.41, 5.74) is 3.25. The van der Waals surface area contributed by atoms with Gasteiger partial charge in [-0.2, -0.15) is 0 Å². The van der Waals surface area contributed by atoms with Gasteiger partial charge in [-0.25, -0.2) is 4.98 Å². The molecule has 0 aliphatic carbocycles. The first kappa shape index (κ1) is 13.2. The summed E-state index contributed by atoms with van der Waals surface area (Å²) in [6.07, 6.45) is 1.96. The lowest BCUT2D eigenvalue weighted by atomic mass is 10.1. The van der Waals surface area contributed by atoms with Crippen molar-refractivity contribution in [3.63, 3.8) is 0 Å². The maximum Gasteiger partial charge on any atom is 0.123 e. The van der Waals surface area contributed by atoms with E-state index in [0.717, 1.165) is 40.3 Å². The molecule has 1 aromatic carbocycles. The van der Waals surface area contributed by atoms with Crippen LogP contribution in [0.3, 0.4) is 0 Å². The lowest BCUT2D eigenvalue weighted by Gasteiger charge is -2.01. The van der Waals surface area contributed by atoms with Gasteiger partial charge in [-0.3, -0.25) is 4.98 Å². The number of nitrogens with one attached hydrogen (secondary N) is 1. The molecule has 2 aromatic heterocycles. The van der Waals surface area contributed by atoms with Gasteiger partial charge in [-0.05, 0) is 37.7 Å². The van der Waals surface area contributed by atoms with E-state index in [-0.39, 0.29) is 0 Å². The van der Waals surface area contributed by atoms with Gasteiger partial charge in [0.25, 0.3) is 0 Å². The van der Waals surface area contributed by atoms with Gasteiger partial charge in [-0.15, -0.1) is 11.3 Å². The third kappa shape index (κ3) is 2.71. The van der Waals surface area contributed by atoms with Crippen molar-refractivity contribution in [2.75, 3.05) is 6.54 Å². The summed E-state index contributed by atoms with van der Waals surface area (Å²) in [5.74, 6) is 0. The van der Waals surface area contributed by atoms with E-state index in [9.17, 15) is 0 Å². The third-order valence-corrected chi connectivity index (χ3v) is 4.22. The predicted molar refractivity (Wildman–Crippen MR) is 85.0 cm³/mol. The van der Waals surface area contributed by atoms with Gasteiger partial charge in [0.2, 0.25) is 0 Å². The van der Waals surface area contributed by atoms with Crippen molar-refractivity contribution in [3.05, 3.63) is 47.1 Å². The summed E-state index contributed by atoms with van der Waals surface area (Å²) >= 11 is 1.74. The molecule has 20 heavy (non-hydrogen) atoms. The van der Waals surface area contributed by atoms with Gasteiger partial charge < -0.3 is 5.32 Å². The largest absolute Gasteiger partial charge is 0.312 e. The van der Waals surface area contributed by atoms with E-state index in [4.69, 9.17) is 0 Å². The third-order valence-electron chi connectivity index (χ3n) is 3.18. The Morgan fingerprint density at radius 2 is 2.10 bits per heavy atom. The molecule has 4 heteroatoms. The van der Waals surface area contributed by atoms with E-state index < -0.39 is 0 Å². The van der Waals surface area contributed by atoms with Crippen LogP contribution in [0.25, 0.3) is 21.5 Å². The predicted octanol–water partition coefficient (Wildman–Crippen LogP) is 3.78. The molecule has 1 N–H and O–H groups in total. The standard InChI is InChI=1S/C16H17N3S/c1-3-17-9-14-10-18-16(20-14)13-6-7-15-12(8-13)5-4-11(2)19-15/h4-8,10,17H,3,9H2,1-2H3. The highest BCUT2D eigenvalue weighted by Crippen LogP contribution is 2.27. The highest BCUT2D eigenvalue weighted by molar-refractivity contribution is 7.15. The fraction of sp³-hybridized carbons (Fsp3) is 0.250. The first-order chi connectivity index (χ1) is 9.76. The SMILES string of the molecule is CCNCc1cnc(-c2ccc3nc(C)ccc3c2)s1. The van der Waals surface area contributed by atoms with E-state index in [1.807, 2.05) is 19.2 Å². The molecule has 0 atom stereocenters. The molecule has 0 spiro atoms. The van der Waals surface area contributed by atoms with Crippen molar-refractivity contribution in [3.8, 4) is 10.6 Å². The van der Waals surface area contributed by atoms with Crippen LogP contribution in [0, 0.1) is 6.92 Å². The zero-order valence-electron chi connectivity index (χ0n) is 11.7. The minimum atomic E-state index is 0.891. The Balaban J connectivity index is 1.93. The minimum Gasteiger partial charge on any atom is -0.312 e. The summed E-state index contributed by atoms with van der Waals surface area (Å²) in [6.45, 7) is 6.00. The van der Waals surface area contributed by atoms with Gasteiger partial charge in [0, 0.05) is 34.3 Å². The van der Waals surface area contributed by atoms with E-state index in [2.05, 4.69) is 46.5 Å². The summed E-state index contributed by atoms with van der Waals surface area (Å²) in [5, 5.41) is 5.56. The number of pyridine rings is 1. The molecule has 0 amide bonds. The van der Waals surface area contributed by atoms with Crippen molar-refractivity contribution >= 4 is 22.2 Å². The zero-order valence-corrected chi connectivity index (χ0v) is 12.5. The van der Waals surface area contributed by atoms with Crippen molar-refractivity contribution < 1.29 is 0 Å². The second-order valence-corrected chi connectivity index (χ2v) is 5.89. The van der Waals surface area contributed by atoms with Gasteiger partial charge >= 0.3 is 0 Å². The first-order valence-corrected chi connectivity index (χ1v) is 7.61. The average molecular weight is 283 g/mol. The van der Waals surface area contributed by atoms with Crippen molar-refractivity contribution in [2.45, 2.75) is 20.4 Å². The van der Waals surface area contributed by atoms with Gasteiger partial charge in [0.1, 0.15) is 5.01 Å². The van der Waals surface area contributed by atoms with Crippen molar-refractivity contribution in [2.24, 2.45) is 0 Å². The summed E-state index contributed by atoms with van der Waals surface area (Å²) < 4.78 is 0. The van der Waals surface area contributed by atoms with Crippen molar-refractivity contribution in [1.82, 2.24) is 15.3 Å². The molecule has 3 nitrogen and oxygen atoms in total. The van der Waals surface area contributed by atoms with Gasteiger partial charge in [0.05, 0.1) is 5.52 Å². The van der Waals surface area contributed by atoms with Crippen LogP contribution in [0.15, 0.2) is 36.5 Å². The molecule has 0 saturated carbocycles. The lowest BCUT2D eigenvalue weighted by Crippen LogP contribution is -2.10. The highest BCUT2D eigenvalue weighted by Gasteiger charge is 2.06. The Labute approximate surface area is 122 Å². The molecule has 2 heterocycles.